The van der Waals surface area contributed by atoms with Crippen LogP contribution in [0.15, 0.2) is 12.1 Å². The summed E-state index contributed by atoms with van der Waals surface area (Å²) >= 11 is 0. The van der Waals surface area contributed by atoms with Gasteiger partial charge in [0.25, 0.3) is 0 Å². The average Bonchev–Trinajstić information content (AvgIpc) is 2.24. The average molecular weight is 235 g/mol. The van der Waals surface area contributed by atoms with Crippen LogP contribution < -0.4 is 5.32 Å². The third-order valence-corrected chi connectivity index (χ3v) is 2.88. The van der Waals surface area contributed by atoms with Crippen LogP contribution in [-0.2, 0) is 4.79 Å². The number of aliphatic hydroxyl groups excluding tert-OH is 1. The van der Waals surface area contributed by atoms with Crippen molar-refractivity contribution < 1.29 is 9.90 Å². The maximum atomic E-state index is 11.1. The molecule has 1 atom stereocenters. The SMILES string of the molecule is CCC(=O)NCC(O)c1c(C)cc(C)cc1C. The molecule has 1 rings (SSSR count). The maximum Gasteiger partial charge on any atom is 0.219 e. The Hall–Kier alpha value is -1.35. The minimum Gasteiger partial charge on any atom is -0.387 e. The molecular formula is C14H21NO2. The highest BCUT2D eigenvalue weighted by Crippen LogP contribution is 2.23. The van der Waals surface area contributed by atoms with Crippen LogP contribution in [0, 0.1) is 20.8 Å². The molecule has 0 aromatic heterocycles. The van der Waals surface area contributed by atoms with Crippen molar-refractivity contribution in [2.45, 2.75) is 40.2 Å². The Bertz CT molecular complexity index is 390. The summed E-state index contributed by atoms with van der Waals surface area (Å²) in [6, 6.07) is 4.10. The molecule has 0 aliphatic carbocycles. The molecular weight excluding hydrogens is 214 g/mol. The molecule has 0 aliphatic heterocycles. The number of aliphatic hydroxyl groups is 1. The van der Waals surface area contributed by atoms with Crippen molar-refractivity contribution in [3.63, 3.8) is 0 Å². The fourth-order valence-electron chi connectivity index (χ4n) is 2.15. The molecule has 0 radical (unpaired) electrons. The summed E-state index contributed by atoms with van der Waals surface area (Å²) in [7, 11) is 0. The number of hydrogen-bond acceptors (Lipinski definition) is 2. The lowest BCUT2D eigenvalue weighted by Gasteiger charge is -2.17. The summed E-state index contributed by atoms with van der Waals surface area (Å²) in [5.74, 6) is -0.0357. The molecule has 0 fully saturated rings. The van der Waals surface area contributed by atoms with Crippen LogP contribution >= 0.6 is 0 Å². The Morgan fingerprint density at radius 2 is 1.82 bits per heavy atom. The molecule has 1 amide bonds. The first-order chi connectivity index (χ1) is 7.95. The van der Waals surface area contributed by atoms with Gasteiger partial charge >= 0.3 is 0 Å². The topological polar surface area (TPSA) is 49.3 Å². The lowest BCUT2D eigenvalue weighted by molar-refractivity contribution is -0.121. The van der Waals surface area contributed by atoms with Crippen molar-refractivity contribution in [3.05, 3.63) is 34.4 Å². The van der Waals surface area contributed by atoms with E-state index >= 15 is 0 Å². The summed E-state index contributed by atoms with van der Waals surface area (Å²) in [5, 5.41) is 12.8. The zero-order valence-electron chi connectivity index (χ0n) is 11.0. The predicted octanol–water partition coefficient (Wildman–Crippen LogP) is 2.17. The smallest absolute Gasteiger partial charge is 0.219 e. The van der Waals surface area contributed by atoms with Crippen molar-refractivity contribution in [1.29, 1.82) is 0 Å². The van der Waals surface area contributed by atoms with E-state index in [9.17, 15) is 9.90 Å². The first-order valence-electron chi connectivity index (χ1n) is 5.98. The molecule has 17 heavy (non-hydrogen) atoms. The van der Waals surface area contributed by atoms with E-state index < -0.39 is 6.10 Å². The minimum atomic E-state index is -0.633. The van der Waals surface area contributed by atoms with Gasteiger partial charge in [-0.25, -0.2) is 0 Å². The van der Waals surface area contributed by atoms with Crippen LogP contribution in [0.1, 0.15) is 41.7 Å². The third kappa shape index (κ3) is 3.56. The number of carbonyl (C=O) groups is 1. The Morgan fingerprint density at radius 3 is 2.29 bits per heavy atom. The fourth-order valence-corrected chi connectivity index (χ4v) is 2.15. The molecule has 2 N–H and O–H groups in total. The van der Waals surface area contributed by atoms with Gasteiger partial charge in [0.2, 0.25) is 5.91 Å². The van der Waals surface area contributed by atoms with Crippen LogP contribution in [0.5, 0.6) is 0 Å². The highest BCUT2D eigenvalue weighted by Gasteiger charge is 2.14. The van der Waals surface area contributed by atoms with E-state index in [0.29, 0.717) is 6.42 Å². The van der Waals surface area contributed by atoms with Gasteiger partial charge < -0.3 is 10.4 Å². The molecule has 0 saturated heterocycles. The number of benzene rings is 1. The zero-order valence-corrected chi connectivity index (χ0v) is 11.0. The van der Waals surface area contributed by atoms with E-state index in [-0.39, 0.29) is 12.5 Å². The largest absolute Gasteiger partial charge is 0.387 e. The van der Waals surface area contributed by atoms with Crippen LogP contribution in [0.25, 0.3) is 0 Å². The standard InChI is InChI=1S/C14H21NO2/c1-5-13(17)15-8-12(16)14-10(3)6-9(2)7-11(14)4/h6-7,12,16H,5,8H2,1-4H3,(H,15,17). The van der Waals surface area contributed by atoms with E-state index in [1.54, 1.807) is 6.92 Å². The van der Waals surface area contributed by atoms with Crippen LogP contribution in [0.4, 0.5) is 0 Å². The number of nitrogens with one attached hydrogen (secondary N) is 1. The third-order valence-electron chi connectivity index (χ3n) is 2.88. The van der Waals surface area contributed by atoms with Crippen molar-refractivity contribution >= 4 is 5.91 Å². The zero-order chi connectivity index (χ0) is 13.0. The summed E-state index contributed by atoms with van der Waals surface area (Å²) in [6.45, 7) is 8.08. The molecule has 0 saturated carbocycles. The minimum absolute atomic E-state index is 0.0357. The quantitative estimate of drug-likeness (QED) is 0.840. The van der Waals surface area contributed by atoms with Gasteiger partial charge in [0.1, 0.15) is 0 Å². The second kappa shape index (κ2) is 5.82. The highest BCUT2D eigenvalue weighted by atomic mass is 16.3. The lowest BCUT2D eigenvalue weighted by atomic mass is 9.95. The maximum absolute atomic E-state index is 11.1. The highest BCUT2D eigenvalue weighted by molar-refractivity contribution is 5.75. The molecule has 3 nitrogen and oxygen atoms in total. The molecule has 1 unspecified atom stereocenters. The second-order valence-corrected chi connectivity index (χ2v) is 4.49. The molecule has 0 aliphatic rings. The van der Waals surface area contributed by atoms with E-state index in [1.807, 2.05) is 32.9 Å². The summed E-state index contributed by atoms with van der Waals surface area (Å²) in [5.41, 5.74) is 4.25. The van der Waals surface area contributed by atoms with Gasteiger partial charge in [-0.3, -0.25) is 4.79 Å². The lowest BCUT2D eigenvalue weighted by Crippen LogP contribution is -2.28. The van der Waals surface area contributed by atoms with E-state index in [2.05, 4.69) is 5.32 Å². The number of amides is 1. The first kappa shape index (κ1) is 13.7. The fraction of sp³-hybridized carbons (Fsp3) is 0.500. The number of hydrogen-bond donors (Lipinski definition) is 2. The number of aryl methyl sites for hydroxylation is 3. The molecule has 94 valence electrons. The summed E-state index contributed by atoms with van der Waals surface area (Å²) in [6.07, 6.45) is -0.190. The van der Waals surface area contributed by atoms with Crippen molar-refractivity contribution in [1.82, 2.24) is 5.32 Å². The van der Waals surface area contributed by atoms with Crippen LogP contribution in [-0.4, -0.2) is 17.6 Å². The van der Waals surface area contributed by atoms with Crippen molar-refractivity contribution in [2.75, 3.05) is 6.54 Å². The van der Waals surface area contributed by atoms with Gasteiger partial charge in [-0.2, -0.15) is 0 Å². The Kier molecular flexibility index (Phi) is 4.70. The van der Waals surface area contributed by atoms with Gasteiger partial charge in [-0.1, -0.05) is 24.6 Å². The Labute approximate surface area is 103 Å². The van der Waals surface area contributed by atoms with E-state index in [1.165, 1.54) is 5.56 Å². The molecule has 3 heteroatoms. The summed E-state index contributed by atoms with van der Waals surface area (Å²) in [4.78, 5) is 11.1. The van der Waals surface area contributed by atoms with Crippen LogP contribution in [0.2, 0.25) is 0 Å². The van der Waals surface area contributed by atoms with Gasteiger partial charge in [0, 0.05) is 13.0 Å². The van der Waals surface area contributed by atoms with E-state index in [0.717, 1.165) is 16.7 Å². The number of rotatable bonds is 4. The van der Waals surface area contributed by atoms with Crippen molar-refractivity contribution in [2.24, 2.45) is 0 Å². The van der Waals surface area contributed by atoms with Crippen molar-refractivity contribution in [3.8, 4) is 0 Å². The predicted molar refractivity (Wildman–Crippen MR) is 68.9 cm³/mol. The Morgan fingerprint density at radius 1 is 1.29 bits per heavy atom. The molecule has 0 bridgehead atoms. The Balaban J connectivity index is 2.82. The number of carbonyl (C=O) groups excluding carboxylic acids is 1. The summed E-state index contributed by atoms with van der Waals surface area (Å²) < 4.78 is 0. The molecule has 1 aromatic carbocycles. The molecule has 0 heterocycles. The van der Waals surface area contributed by atoms with Gasteiger partial charge in [0.15, 0.2) is 0 Å². The van der Waals surface area contributed by atoms with Gasteiger partial charge in [-0.05, 0) is 37.5 Å². The molecule has 1 aromatic rings. The second-order valence-electron chi connectivity index (χ2n) is 4.49. The first-order valence-corrected chi connectivity index (χ1v) is 5.98. The van der Waals surface area contributed by atoms with Gasteiger partial charge in [-0.15, -0.1) is 0 Å². The normalized spacial score (nSPS) is 12.3. The monoisotopic (exact) mass is 235 g/mol. The van der Waals surface area contributed by atoms with Crippen LogP contribution in [0.3, 0.4) is 0 Å². The molecule has 0 spiro atoms. The van der Waals surface area contributed by atoms with Gasteiger partial charge in [0.05, 0.1) is 6.10 Å². The van der Waals surface area contributed by atoms with E-state index in [4.69, 9.17) is 0 Å².